The van der Waals surface area contributed by atoms with E-state index in [0.717, 1.165) is 25.3 Å². The molecule has 5 nitrogen and oxygen atoms in total. The van der Waals surface area contributed by atoms with Gasteiger partial charge in [-0.05, 0) is 12.5 Å². The highest BCUT2D eigenvalue weighted by Gasteiger charge is 2.20. The molecule has 0 aromatic rings. The minimum atomic E-state index is -4.65. The SMILES string of the molecule is CCCCC=CC=C(C(=O)O)S(=O)(=O)O. The standard InChI is InChI=1S/C9H14O5S/c1-2-3-4-5-6-7-8(9(10)11)15(12,13)14/h5-7H,2-4H2,1H3,(H,10,11)(H,12,13,14). The summed E-state index contributed by atoms with van der Waals surface area (Å²) in [5.74, 6) is -1.67. The van der Waals surface area contributed by atoms with Crippen LogP contribution < -0.4 is 0 Å². The van der Waals surface area contributed by atoms with Crippen LogP contribution in [0.5, 0.6) is 0 Å². The van der Waals surface area contributed by atoms with Gasteiger partial charge in [-0.15, -0.1) is 0 Å². The maximum Gasteiger partial charge on any atom is 0.349 e. The molecular formula is C9H14O5S. The zero-order valence-electron chi connectivity index (χ0n) is 8.38. The second kappa shape index (κ2) is 6.36. The highest BCUT2D eigenvalue weighted by Crippen LogP contribution is 2.05. The van der Waals surface area contributed by atoms with Crippen molar-refractivity contribution in [2.75, 3.05) is 0 Å². The fourth-order valence-electron chi connectivity index (χ4n) is 0.841. The van der Waals surface area contributed by atoms with Crippen LogP contribution in [-0.2, 0) is 14.9 Å². The van der Waals surface area contributed by atoms with Crippen LogP contribution in [0.25, 0.3) is 0 Å². The van der Waals surface area contributed by atoms with E-state index in [4.69, 9.17) is 9.66 Å². The van der Waals surface area contributed by atoms with E-state index in [1.807, 2.05) is 6.92 Å². The molecule has 6 heteroatoms. The van der Waals surface area contributed by atoms with Crippen molar-refractivity contribution in [3.05, 3.63) is 23.1 Å². The number of allylic oxidation sites excluding steroid dienone is 3. The van der Waals surface area contributed by atoms with Crippen molar-refractivity contribution in [2.45, 2.75) is 26.2 Å². The highest BCUT2D eigenvalue weighted by molar-refractivity contribution is 7.90. The van der Waals surface area contributed by atoms with E-state index in [1.54, 1.807) is 6.08 Å². The fraction of sp³-hybridized carbons (Fsp3) is 0.444. The second-order valence-corrected chi connectivity index (χ2v) is 4.27. The van der Waals surface area contributed by atoms with E-state index in [-0.39, 0.29) is 0 Å². The van der Waals surface area contributed by atoms with Gasteiger partial charge < -0.3 is 5.11 Å². The van der Waals surface area contributed by atoms with Crippen LogP contribution in [0.3, 0.4) is 0 Å². The van der Waals surface area contributed by atoms with Gasteiger partial charge in [0.05, 0.1) is 0 Å². The van der Waals surface area contributed by atoms with Crippen molar-refractivity contribution in [3.63, 3.8) is 0 Å². The molecule has 0 saturated carbocycles. The summed E-state index contributed by atoms with van der Waals surface area (Å²) in [6, 6.07) is 0. The Balaban J connectivity index is 4.60. The zero-order chi connectivity index (χ0) is 11.9. The third kappa shape index (κ3) is 6.03. The number of aliphatic carboxylic acids is 1. The maximum atomic E-state index is 10.6. The van der Waals surface area contributed by atoms with E-state index in [1.165, 1.54) is 6.08 Å². The van der Waals surface area contributed by atoms with Crippen LogP contribution in [-0.4, -0.2) is 24.0 Å². The van der Waals surface area contributed by atoms with Gasteiger partial charge in [0, 0.05) is 0 Å². The van der Waals surface area contributed by atoms with Gasteiger partial charge in [-0.25, -0.2) is 4.79 Å². The van der Waals surface area contributed by atoms with Crippen LogP contribution in [0.4, 0.5) is 0 Å². The highest BCUT2D eigenvalue weighted by atomic mass is 32.2. The van der Waals surface area contributed by atoms with Crippen molar-refractivity contribution in [1.82, 2.24) is 0 Å². The number of carboxylic acids is 1. The molecule has 0 aromatic heterocycles. The van der Waals surface area contributed by atoms with Crippen molar-refractivity contribution in [1.29, 1.82) is 0 Å². The average molecular weight is 234 g/mol. The van der Waals surface area contributed by atoms with Crippen molar-refractivity contribution in [3.8, 4) is 0 Å². The topological polar surface area (TPSA) is 91.7 Å². The third-order valence-electron chi connectivity index (χ3n) is 1.60. The molecule has 15 heavy (non-hydrogen) atoms. The Morgan fingerprint density at radius 1 is 1.40 bits per heavy atom. The Hall–Kier alpha value is -1.14. The zero-order valence-corrected chi connectivity index (χ0v) is 9.20. The first-order valence-electron chi connectivity index (χ1n) is 4.47. The summed E-state index contributed by atoms with van der Waals surface area (Å²) in [7, 11) is -4.65. The molecule has 0 amide bonds. The van der Waals surface area contributed by atoms with E-state index < -0.39 is 21.0 Å². The van der Waals surface area contributed by atoms with Crippen LogP contribution >= 0.6 is 0 Å². The minimum Gasteiger partial charge on any atom is -0.477 e. The van der Waals surface area contributed by atoms with Crippen molar-refractivity contribution >= 4 is 16.1 Å². The molecule has 0 rings (SSSR count). The number of rotatable bonds is 6. The molecule has 0 aromatic carbocycles. The average Bonchev–Trinajstić information content (AvgIpc) is 2.08. The molecule has 2 N–H and O–H groups in total. The Bertz CT molecular complexity index is 364. The number of hydrogen-bond acceptors (Lipinski definition) is 3. The first-order valence-corrected chi connectivity index (χ1v) is 5.91. The molecule has 0 fully saturated rings. The van der Waals surface area contributed by atoms with E-state index in [0.29, 0.717) is 0 Å². The predicted octanol–water partition coefficient (Wildman–Crippen LogP) is 1.59. The number of carbonyl (C=O) groups is 1. The van der Waals surface area contributed by atoms with Gasteiger partial charge in [0.25, 0.3) is 0 Å². The lowest BCUT2D eigenvalue weighted by Crippen LogP contribution is -2.11. The first-order chi connectivity index (χ1) is 6.89. The Morgan fingerprint density at radius 2 is 2.00 bits per heavy atom. The lowest BCUT2D eigenvalue weighted by Gasteiger charge is -1.94. The summed E-state index contributed by atoms with van der Waals surface area (Å²) in [4.78, 5) is 9.41. The van der Waals surface area contributed by atoms with E-state index >= 15 is 0 Å². The summed E-state index contributed by atoms with van der Waals surface area (Å²) in [5.41, 5.74) is 0. The summed E-state index contributed by atoms with van der Waals surface area (Å²) < 4.78 is 29.7. The largest absolute Gasteiger partial charge is 0.477 e. The molecule has 0 radical (unpaired) electrons. The second-order valence-electron chi connectivity index (χ2n) is 2.88. The third-order valence-corrected chi connectivity index (χ3v) is 2.46. The van der Waals surface area contributed by atoms with Gasteiger partial charge in [-0.2, -0.15) is 8.42 Å². The molecule has 0 aliphatic heterocycles. The monoisotopic (exact) mass is 234 g/mol. The van der Waals surface area contributed by atoms with Crippen molar-refractivity contribution in [2.24, 2.45) is 0 Å². The van der Waals surface area contributed by atoms with Gasteiger partial charge in [0.1, 0.15) is 0 Å². The van der Waals surface area contributed by atoms with Gasteiger partial charge in [-0.3, -0.25) is 4.55 Å². The molecule has 0 aliphatic rings. The fourth-order valence-corrected chi connectivity index (χ4v) is 1.31. The Labute approximate surface area is 88.9 Å². The number of unbranched alkanes of at least 4 members (excludes halogenated alkanes) is 2. The Morgan fingerprint density at radius 3 is 2.40 bits per heavy atom. The van der Waals surface area contributed by atoms with Crippen molar-refractivity contribution < 1.29 is 22.9 Å². The van der Waals surface area contributed by atoms with Gasteiger partial charge >= 0.3 is 16.1 Å². The summed E-state index contributed by atoms with van der Waals surface area (Å²) in [6.45, 7) is 2.00. The molecule has 0 unspecified atom stereocenters. The minimum absolute atomic E-state index is 0.741. The molecular weight excluding hydrogens is 220 g/mol. The smallest absolute Gasteiger partial charge is 0.349 e. The summed E-state index contributed by atoms with van der Waals surface area (Å²) >= 11 is 0. The first kappa shape index (κ1) is 13.9. The summed E-state index contributed by atoms with van der Waals surface area (Å²) in [6.07, 6.45) is 6.51. The van der Waals surface area contributed by atoms with Crippen LogP contribution in [0.15, 0.2) is 23.1 Å². The molecule has 86 valence electrons. The molecule has 0 heterocycles. The van der Waals surface area contributed by atoms with Gasteiger partial charge in [-0.1, -0.05) is 31.9 Å². The van der Waals surface area contributed by atoms with E-state index in [9.17, 15) is 13.2 Å². The molecule has 0 saturated heterocycles. The molecule has 0 atom stereocenters. The van der Waals surface area contributed by atoms with Crippen LogP contribution in [0, 0.1) is 0 Å². The van der Waals surface area contributed by atoms with Gasteiger partial charge in [0.15, 0.2) is 4.91 Å². The van der Waals surface area contributed by atoms with E-state index in [2.05, 4.69) is 0 Å². The number of hydrogen-bond donors (Lipinski definition) is 2. The Kier molecular flexibility index (Phi) is 5.88. The summed E-state index contributed by atoms with van der Waals surface area (Å²) in [5, 5.41) is 8.47. The van der Waals surface area contributed by atoms with Crippen LogP contribution in [0.2, 0.25) is 0 Å². The normalized spacial score (nSPS) is 13.3. The predicted molar refractivity (Wildman–Crippen MR) is 55.9 cm³/mol. The van der Waals surface area contributed by atoms with Gasteiger partial charge in [0.2, 0.25) is 0 Å². The lowest BCUT2D eigenvalue weighted by atomic mass is 10.2. The lowest BCUT2D eigenvalue weighted by molar-refractivity contribution is -0.131. The maximum absolute atomic E-state index is 10.6. The molecule has 0 bridgehead atoms. The quantitative estimate of drug-likeness (QED) is 0.315. The number of carboxylic acid groups (broad SMARTS) is 1. The molecule has 0 spiro atoms. The van der Waals surface area contributed by atoms with Crippen LogP contribution in [0.1, 0.15) is 26.2 Å². The molecule has 0 aliphatic carbocycles.